The third-order valence-electron chi connectivity index (χ3n) is 4.89. The van der Waals surface area contributed by atoms with Crippen molar-refractivity contribution >= 4 is 5.91 Å². The number of H-pyrrole nitrogens is 1. The first-order valence-corrected chi connectivity index (χ1v) is 9.44. The number of benzene rings is 1. The number of amides is 1. The van der Waals surface area contributed by atoms with Gasteiger partial charge in [-0.25, -0.2) is 4.98 Å². The molecule has 0 spiro atoms. The predicted molar refractivity (Wildman–Crippen MR) is 102 cm³/mol. The first-order chi connectivity index (χ1) is 12.5. The van der Waals surface area contributed by atoms with Gasteiger partial charge in [0.1, 0.15) is 5.82 Å². The molecule has 0 aliphatic carbocycles. The highest BCUT2D eigenvalue weighted by molar-refractivity contribution is 5.77. The van der Waals surface area contributed by atoms with Crippen molar-refractivity contribution in [2.75, 3.05) is 20.6 Å². The Morgan fingerprint density at radius 3 is 2.69 bits per heavy atom. The number of hydrogen-bond donors (Lipinski definition) is 1. The van der Waals surface area contributed by atoms with E-state index in [-0.39, 0.29) is 11.9 Å². The normalized spacial score (nSPS) is 17.7. The molecule has 1 aromatic carbocycles. The fourth-order valence-corrected chi connectivity index (χ4v) is 3.65. The van der Waals surface area contributed by atoms with E-state index >= 15 is 0 Å². The lowest BCUT2D eigenvalue weighted by molar-refractivity contribution is -0.135. The number of piperidine rings is 1. The highest BCUT2D eigenvalue weighted by Crippen LogP contribution is 2.31. The van der Waals surface area contributed by atoms with Gasteiger partial charge in [-0.1, -0.05) is 24.3 Å². The van der Waals surface area contributed by atoms with E-state index in [1.807, 2.05) is 6.92 Å². The maximum atomic E-state index is 12.8. The lowest BCUT2D eigenvalue weighted by atomic mass is 9.94. The standard InChI is InChI=1S/C20H29N5O/c1-15-21-19(23-22-15)11-12-20(26)25-13-5-4-6-18(25)17-9-7-16(8-10-17)14-24(2)3/h7-10,18H,4-6,11-14H2,1-3H3,(H,21,22,23)/t18-/m1/s1. The second-order valence-electron chi connectivity index (χ2n) is 7.42. The van der Waals surface area contributed by atoms with Crippen LogP contribution in [0.2, 0.25) is 0 Å². The molecular formula is C20H29N5O. The van der Waals surface area contributed by atoms with Crippen molar-refractivity contribution in [2.45, 2.75) is 51.6 Å². The molecule has 0 saturated carbocycles. The molecule has 6 nitrogen and oxygen atoms in total. The minimum absolute atomic E-state index is 0.193. The minimum atomic E-state index is 0.193. The average Bonchev–Trinajstić information content (AvgIpc) is 3.05. The Hall–Kier alpha value is -2.21. The monoisotopic (exact) mass is 355 g/mol. The number of aromatic amines is 1. The number of rotatable bonds is 6. The molecule has 1 aliphatic heterocycles. The van der Waals surface area contributed by atoms with Crippen LogP contribution in [-0.2, 0) is 17.8 Å². The van der Waals surface area contributed by atoms with Crippen LogP contribution in [0.4, 0.5) is 0 Å². The summed E-state index contributed by atoms with van der Waals surface area (Å²) in [6.45, 7) is 3.65. The Morgan fingerprint density at radius 1 is 1.27 bits per heavy atom. The summed E-state index contributed by atoms with van der Waals surface area (Å²) in [6, 6.07) is 8.94. The second kappa shape index (κ2) is 8.45. The highest BCUT2D eigenvalue weighted by atomic mass is 16.2. The van der Waals surface area contributed by atoms with Gasteiger partial charge >= 0.3 is 0 Å². The number of nitrogens with zero attached hydrogens (tertiary/aromatic N) is 4. The van der Waals surface area contributed by atoms with Crippen LogP contribution in [0.3, 0.4) is 0 Å². The first kappa shape index (κ1) is 18.6. The van der Waals surface area contributed by atoms with Crippen molar-refractivity contribution in [3.63, 3.8) is 0 Å². The third kappa shape index (κ3) is 4.69. The summed E-state index contributed by atoms with van der Waals surface area (Å²) >= 11 is 0. The molecular weight excluding hydrogens is 326 g/mol. The Labute approximate surface area is 155 Å². The molecule has 1 saturated heterocycles. The summed E-state index contributed by atoms with van der Waals surface area (Å²) < 4.78 is 0. The number of hydrogen-bond acceptors (Lipinski definition) is 4. The van der Waals surface area contributed by atoms with Crippen molar-refractivity contribution in [1.82, 2.24) is 25.0 Å². The van der Waals surface area contributed by atoms with E-state index in [1.54, 1.807) is 0 Å². The van der Waals surface area contributed by atoms with E-state index in [9.17, 15) is 4.79 Å². The SMILES string of the molecule is Cc1nc(CCC(=O)N2CCCC[C@@H]2c2ccc(CN(C)C)cc2)n[nH]1. The topological polar surface area (TPSA) is 65.1 Å². The summed E-state index contributed by atoms with van der Waals surface area (Å²) in [6.07, 6.45) is 4.36. The van der Waals surface area contributed by atoms with Crippen molar-refractivity contribution in [1.29, 1.82) is 0 Å². The van der Waals surface area contributed by atoms with E-state index in [4.69, 9.17) is 0 Å². The van der Waals surface area contributed by atoms with Gasteiger partial charge in [0.05, 0.1) is 6.04 Å². The van der Waals surface area contributed by atoms with Gasteiger partial charge in [-0.05, 0) is 51.4 Å². The van der Waals surface area contributed by atoms with Crippen LogP contribution in [-0.4, -0.2) is 51.5 Å². The van der Waals surface area contributed by atoms with Gasteiger partial charge in [0.15, 0.2) is 5.82 Å². The molecule has 0 unspecified atom stereocenters. The van der Waals surface area contributed by atoms with E-state index in [0.29, 0.717) is 12.8 Å². The summed E-state index contributed by atoms with van der Waals surface area (Å²) in [5, 5.41) is 6.97. The molecule has 2 aromatic rings. The van der Waals surface area contributed by atoms with E-state index < -0.39 is 0 Å². The van der Waals surface area contributed by atoms with Crippen molar-refractivity contribution in [3.8, 4) is 0 Å². The zero-order chi connectivity index (χ0) is 18.5. The molecule has 140 valence electrons. The van der Waals surface area contributed by atoms with Gasteiger partial charge < -0.3 is 9.80 Å². The van der Waals surface area contributed by atoms with E-state index in [0.717, 1.165) is 37.6 Å². The molecule has 1 aromatic heterocycles. The molecule has 1 atom stereocenters. The number of carbonyl (C=O) groups is 1. The lowest BCUT2D eigenvalue weighted by Crippen LogP contribution is -2.38. The van der Waals surface area contributed by atoms with Crippen LogP contribution in [0.5, 0.6) is 0 Å². The summed E-state index contributed by atoms with van der Waals surface area (Å²) in [4.78, 5) is 21.3. The van der Waals surface area contributed by atoms with Crippen molar-refractivity contribution < 1.29 is 4.79 Å². The summed E-state index contributed by atoms with van der Waals surface area (Å²) in [7, 11) is 4.15. The third-order valence-corrected chi connectivity index (χ3v) is 4.89. The van der Waals surface area contributed by atoms with Gasteiger partial charge in [0.25, 0.3) is 0 Å². The van der Waals surface area contributed by atoms with Crippen LogP contribution in [0.15, 0.2) is 24.3 Å². The van der Waals surface area contributed by atoms with Gasteiger partial charge in [-0.15, -0.1) is 0 Å². The fraction of sp³-hybridized carbons (Fsp3) is 0.550. The summed E-state index contributed by atoms with van der Waals surface area (Å²) in [5.74, 6) is 1.72. The molecule has 3 rings (SSSR count). The highest BCUT2D eigenvalue weighted by Gasteiger charge is 2.27. The fourth-order valence-electron chi connectivity index (χ4n) is 3.65. The van der Waals surface area contributed by atoms with Crippen LogP contribution < -0.4 is 0 Å². The second-order valence-corrected chi connectivity index (χ2v) is 7.42. The van der Waals surface area contributed by atoms with Crippen LogP contribution in [0.25, 0.3) is 0 Å². The first-order valence-electron chi connectivity index (χ1n) is 9.44. The molecule has 1 fully saturated rings. The number of nitrogens with one attached hydrogen (secondary N) is 1. The molecule has 0 bridgehead atoms. The van der Waals surface area contributed by atoms with Crippen molar-refractivity contribution in [2.24, 2.45) is 0 Å². The molecule has 1 amide bonds. The summed E-state index contributed by atoms with van der Waals surface area (Å²) in [5.41, 5.74) is 2.54. The lowest BCUT2D eigenvalue weighted by Gasteiger charge is -2.36. The Kier molecular flexibility index (Phi) is 6.04. The smallest absolute Gasteiger partial charge is 0.223 e. The van der Waals surface area contributed by atoms with E-state index in [2.05, 4.69) is 63.3 Å². The Bertz CT molecular complexity index is 722. The number of carbonyl (C=O) groups excluding carboxylic acids is 1. The predicted octanol–water partition coefficient (Wildman–Crippen LogP) is 2.86. The molecule has 0 radical (unpaired) electrons. The maximum Gasteiger partial charge on any atom is 0.223 e. The molecule has 1 aliphatic rings. The van der Waals surface area contributed by atoms with Crippen molar-refractivity contribution in [3.05, 3.63) is 47.0 Å². The maximum absolute atomic E-state index is 12.8. The average molecular weight is 355 g/mol. The zero-order valence-corrected chi connectivity index (χ0v) is 16.0. The van der Waals surface area contributed by atoms with Crippen LogP contribution in [0.1, 0.15) is 54.5 Å². The largest absolute Gasteiger partial charge is 0.336 e. The minimum Gasteiger partial charge on any atom is -0.336 e. The Morgan fingerprint density at radius 2 is 2.04 bits per heavy atom. The molecule has 26 heavy (non-hydrogen) atoms. The quantitative estimate of drug-likeness (QED) is 0.865. The van der Waals surface area contributed by atoms with E-state index in [1.165, 1.54) is 17.5 Å². The van der Waals surface area contributed by atoms with Gasteiger partial charge in [0, 0.05) is 25.9 Å². The molecule has 2 heterocycles. The van der Waals surface area contributed by atoms with Crippen LogP contribution >= 0.6 is 0 Å². The number of likely N-dealkylation sites (tertiary alicyclic amines) is 1. The van der Waals surface area contributed by atoms with Gasteiger partial charge in [-0.3, -0.25) is 9.89 Å². The van der Waals surface area contributed by atoms with Gasteiger partial charge in [-0.2, -0.15) is 5.10 Å². The number of aryl methyl sites for hydroxylation is 2. The molecule has 6 heteroatoms. The zero-order valence-electron chi connectivity index (χ0n) is 16.0. The number of aromatic nitrogens is 3. The molecule has 1 N–H and O–H groups in total. The van der Waals surface area contributed by atoms with Gasteiger partial charge in [0.2, 0.25) is 5.91 Å². The van der Waals surface area contributed by atoms with Crippen LogP contribution in [0, 0.1) is 6.92 Å². The Balaban J connectivity index is 1.65.